The highest BCUT2D eigenvalue weighted by Crippen LogP contribution is 2.29. The average Bonchev–Trinajstić information content (AvgIpc) is 3.39. The van der Waals surface area contributed by atoms with Crippen molar-refractivity contribution in [2.75, 3.05) is 36.8 Å². The number of hydrogen-bond acceptors (Lipinski definition) is 8. The number of anilines is 2. The lowest BCUT2D eigenvalue weighted by molar-refractivity contribution is 0.246. The number of imidazole rings is 1. The van der Waals surface area contributed by atoms with Crippen LogP contribution < -0.4 is 16.4 Å². The summed E-state index contributed by atoms with van der Waals surface area (Å²) in [7, 11) is 0. The Hall–Kier alpha value is -4.18. The molecule has 5 heterocycles. The van der Waals surface area contributed by atoms with Gasteiger partial charge in [-0.1, -0.05) is 6.07 Å². The van der Waals surface area contributed by atoms with Gasteiger partial charge in [-0.2, -0.15) is 0 Å². The zero-order valence-corrected chi connectivity index (χ0v) is 17.8. The highest BCUT2D eigenvalue weighted by molar-refractivity contribution is 5.80. The first-order valence-electron chi connectivity index (χ1n) is 10.8. The molecule has 6 rings (SSSR count). The van der Waals surface area contributed by atoms with Gasteiger partial charge in [0.15, 0.2) is 5.58 Å². The van der Waals surface area contributed by atoms with E-state index in [0.29, 0.717) is 23.3 Å². The molecule has 1 saturated heterocycles. The number of nitrogens with two attached hydrogens (primary N) is 1. The van der Waals surface area contributed by atoms with Gasteiger partial charge in [0.2, 0.25) is 5.95 Å². The Balaban J connectivity index is 1.34. The minimum Gasteiger partial charge on any atom is -0.408 e. The fourth-order valence-electron chi connectivity index (χ4n) is 4.36. The van der Waals surface area contributed by atoms with Crippen molar-refractivity contribution in [2.24, 2.45) is 0 Å². The average molecular weight is 442 g/mol. The largest absolute Gasteiger partial charge is 0.417 e. The van der Waals surface area contributed by atoms with Crippen LogP contribution in [0.5, 0.6) is 0 Å². The summed E-state index contributed by atoms with van der Waals surface area (Å²) >= 11 is 0. The summed E-state index contributed by atoms with van der Waals surface area (Å²) in [4.78, 5) is 32.5. The van der Waals surface area contributed by atoms with Crippen molar-refractivity contribution < 1.29 is 4.42 Å². The minimum absolute atomic E-state index is 0.467. The second-order valence-corrected chi connectivity index (χ2v) is 8.14. The Bertz CT molecular complexity index is 1500. The second-order valence-electron chi connectivity index (χ2n) is 8.14. The maximum Gasteiger partial charge on any atom is 0.417 e. The van der Waals surface area contributed by atoms with Gasteiger partial charge in [-0.3, -0.25) is 9.88 Å². The zero-order chi connectivity index (χ0) is 22.4. The summed E-state index contributed by atoms with van der Waals surface area (Å²) in [5.41, 5.74) is 11.5. The van der Waals surface area contributed by atoms with E-state index in [2.05, 4.69) is 29.2 Å². The number of hydrogen-bond donors (Lipinski definition) is 2. The molecule has 10 nitrogen and oxygen atoms in total. The molecule has 1 aliphatic rings. The van der Waals surface area contributed by atoms with Gasteiger partial charge < -0.3 is 19.5 Å². The predicted molar refractivity (Wildman–Crippen MR) is 125 cm³/mol. The molecule has 1 fully saturated rings. The Labute approximate surface area is 188 Å². The Morgan fingerprint density at radius 3 is 2.70 bits per heavy atom. The van der Waals surface area contributed by atoms with Gasteiger partial charge in [0.25, 0.3) is 0 Å². The van der Waals surface area contributed by atoms with Crippen molar-refractivity contribution in [1.29, 1.82) is 0 Å². The smallest absolute Gasteiger partial charge is 0.408 e. The molecular formula is C23H22N8O2. The summed E-state index contributed by atoms with van der Waals surface area (Å²) in [6.45, 7) is 4.15. The molecule has 1 aliphatic heterocycles. The third kappa shape index (κ3) is 3.60. The molecule has 33 heavy (non-hydrogen) atoms. The van der Waals surface area contributed by atoms with Gasteiger partial charge >= 0.3 is 5.76 Å². The molecule has 10 heteroatoms. The van der Waals surface area contributed by atoms with Gasteiger partial charge in [0.1, 0.15) is 5.65 Å². The molecule has 0 aliphatic carbocycles. The third-order valence-corrected chi connectivity index (χ3v) is 6.02. The number of aromatic nitrogens is 5. The fourth-order valence-corrected chi connectivity index (χ4v) is 4.36. The molecule has 0 saturated carbocycles. The summed E-state index contributed by atoms with van der Waals surface area (Å²) in [6.07, 6.45) is 5.45. The zero-order valence-electron chi connectivity index (χ0n) is 17.8. The van der Waals surface area contributed by atoms with E-state index in [0.717, 1.165) is 54.7 Å². The Kier molecular flexibility index (Phi) is 4.58. The van der Waals surface area contributed by atoms with E-state index in [4.69, 9.17) is 15.1 Å². The lowest BCUT2D eigenvalue weighted by Crippen LogP contribution is -2.46. The summed E-state index contributed by atoms with van der Waals surface area (Å²) < 4.78 is 7.32. The highest BCUT2D eigenvalue weighted by atomic mass is 16.4. The monoisotopic (exact) mass is 442 g/mol. The maximum absolute atomic E-state index is 11.6. The molecule has 0 unspecified atom stereocenters. The quantitative estimate of drug-likeness (QED) is 0.434. The summed E-state index contributed by atoms with van der Waals surface area (Å²) in [5.74, 6) is 0.298. The van der Waals surface area contributed by atoms with Gasteiger partial charge in [-0.25, -0.2) is 19.7 Å². The van der Waals surface area contributed by atoms with Crippen molar-refractivity contribution in [3.8, 4) is 11.3 Å². The van der Waals surface area contributed by atoms with E-state index < -0.39 is 5.76 Å². The molecule has 0 atom stereocenters. The lowest BCUT2D eigenvalue weighted by Gasteiger charge is -2.34. The lowest BCUT2D eigenvalue weighted by atomic mass is 10.1. The van der Waals surface area contributed by atoms with Crippen LogP contribution in [0.1, 0.15) is 5.69 Å². The van der Waals surface area contributed by atoms with Crippen molar-refractivity contribution >= 4 is 28.4 Å². The van der Waals surface area contributed by atoms with E-state index in [1.54, 1.807) is 12.4 Å². The van der Waals surface area contributed by atoms with Crippen LogP contribution in [0.15, 0.2) is 64.2 Å². The van der Waals surface area contributed by atoms with E-state index in [9.17, 15) is 4.79 Å². The normalized spacial score (nSPS) is 15.0. The topological polar surface area (TPSA) is 122 Å². The molecule has 0 bridgehead atoms. The number of benzene rings is 1. The van der Waals surface area contributed by atoms with Crippen LogP contribution in [0, 0.1) is 0 Å². The van der Waals surface area contributed by atoms with Crippen LogP contribution in [0.2, 0.25) is 0 Å². The van der Waals surface area contributed by atoms with E-state index >= 15 is 0 Å². The van der Waals surface area contributed by atoms with Gasteiger partial charge in [-0.15, -0.1) is 0 Å². The van der Waals surface area contributed by atoms with Crippen molar-refractivity contribution in [3.05, 3.63) is 71.2 Å². The molecule has 0 amide bonds. The summed E-state index contributed by atoms with van der Waals surface area (Å²) in [5, 5.41) is 0. The second kappa shape index (κ2) is 7.75. The number of pyridine rings is 1. The van der Waals surface area contributed by atoms with Crippen molar-refractivity contribution in [3.63, 3.8) is 0 Å². The van der Waals surface area contributed by atoms with Gasteiger partial charge in [-0.05, 0) is 30.3 Å². The Morgan fingerprint density at radius 1 is 1.06 bits per heavy atom. The molecule has 1 aromatic carbocycles. The van der Waals surface area contributed by atoms with Crippen LogP contribution in [-0.2, 0) is 6.54 Å². The molecule has 5 aromatic rings. The molecule has 0 radical (unpaired) electrons. The van der Waals surface area contributed by atoms with Crippen LogP contribution in [0.25, 0.3) is 28.0 Å². The van der Waals surface area contributed by atoms with Gasteiger partial charge in [0, 0.05) is 62.6 Å². The van der Waals surface area contributed by atoms with Crippen LogP contribution in [0.4, 0.5) is 11.6 Å². The molecule has 4 aromatic heterocycles. The molecular weight excluding hydrogens is 420 g/mol. The number of H-pyrrole nitrogens is 1. The number of aromatic amines is 1. The number of piperazine rings is 1. The fraction of sp³-hybridized carbons (Fsp3) is 0.217. The first-order valence-corrected chi connectivity index (χ1v) is 10.8. The number of oxazole rings is 1. The number of nitrogen functional groups attached to an aromatic ring is 1. The molecule has 3 N–H and O–H groups in total. The van der Waals surface area contributed by atoms with Crippen LogP contribution >= 0.6 is 0 Å². The maximum atomic E-state index is 11.6. The van der Waals surface area contributed by atoms with Gasteiger partial charge in [0.05, 0.1) is 16.9 Å². The standard InChI is InChI=1S/C23H22N8O2/c24-16-3-5-20-28-21(15-2-4-17-19(12-15)33-23(32)27-17)18(31(20)13-16)14-29-8-10-30(11-9-29)22-25-6-1-7-26-22/h1-7,12-13H,8-11,14,24H2,(H,27,32). The third-order valence-electron chi connectivity index (χ3n) is 6.02. The van der Waals surface area contributed by atoms with E-state index in [1.165, 1.54) is 0 Å². The highest BCUT2D eigenvalue weighted by Gasteiger charge is 2.23. The van der Waals surface area contributed by atoms with Crippen LogP contribution in [-0.4, -0.2) is 55.4 Å². The predicted octanol–water partition coefficient (Wildman–Crippen LogP) is 2.13. The first-order chi connectivity index (χ1) is 16.1. The van der Waals surface area contributed by atoms with Crippen LogP contribution in [0.3, 0.4) is 0 Å². The Morgan fingerprint density at radius 2 is 1.88 bits per heavy atom. The summed E-state index contributed by atoms with van der Waals surface area (Å²) in [6, 6.07) is 11.2. The number of rotatable bonds is 4. The van der Waals surface area contributed by atoms with Crippen molar-refractivity contribution in [1.82, 2.24) is 29.2 Å². The first kappa shape index (κ1) is 19.5. The minimum atomic E-state index is -0.467. The number of nitrogens with one attached hydrogen (secondary N) is 1. The molecule has 0 spiro atoms. The number of fused-ring (bicyclic) bond motifs is 2. The number of nitrogens with zero attached hydrogens (tertiary/aromatic N) is 6. The van der Waals surface area contributed by atoms with E-state index in [-0.39, 0.29) is 0 Å². The van der Waals surface area contributed by atoms with Crippen molar-refractivity contribution in [2.45, 2.75) is 6.54 Å². The SMILES string of the molecule is Nc1ccc2nc(-c3ccc4[nH]c(=O)oc4c3)c(CN3CCN(c4ncccn4)CC3)n2c1. The van der Waals surface area contributed by atoms with E-state index in [1.807, 2.05) is 42.6 Å². The molecule has 166 valence electrons.